The molecule has 0 aliphatic carbocycles. The number of pyridine rings is 2. The maximum absolute atomic E-state index is 5.78. The fraction of sp³-hybridized carbons (Fsp3) is 0.0323. The molecule has 0 atom stereocenters. The van der Waals surface area contributed by atoms with Crippen molar-refractivity contribution in [2.45, 2.75) is 6.61 Å². The number of aromatic nitrogens is 2. The summed E-state index contributed by atoms with van der Waals surface area (Å²) in [6.45, 7) is 0.597. The number of fused-ring (bicyclic) bond motifs is 5. The van der Waals surface area contributed by atoms with E-state index in [1.807, 2.05) is 78.9 Å². The van der Waals surface area contributed by atoms with Gasteiger partial charge >= 0.3 is 0 Å². The third-order valence-electron chi connectivity index (χ3n) is 5.83. The van der Waals surface area contributed by atoms with Gasteiger partial charge in [0.05, 0.1) is 17.6 Å². The van der Waals surface area contributed by atoms with E-state index in [9.17, 15) is 0 Å². The van der Waals surface area contributed by atoms with Crippen LogP contribution in [-0.2, 0) is 26.7 Å². The van der Waals surface area contributed by atoms with E-state index in [-0.39, 0.29) is 20.1 Å². The second kappa shape index (κ2) is 10.2. The van der Waals surface area contributed by atoms with Crippen LogP contribution in [0.15, 0.2) is 109 Å². The molecule has 0 unspecified atom stereocenters. The molecule has 0 spiro atoms. The van der Waals surface area contributed by atoms with Gasteiger partial charge in [0.25, 0.3) is 0 Å². The fourth-order valence-electron chi connectivity index (χ4n) is 4.12. The summed E-state index contributed by atoms with van der Waals surface area (Å²) in [5.74, 6) is 0.851. The molecule has 6 aromatic rings. The molecule has 4 aromatic carbocycles. The fourth-order valence-corrected chi connectivity index (χ4v) is 4.12. The van der Waals surface area contributed by atoms with Crippen LogP contribution in [0.3, 0.4) is 0 Å². The summed E-state index contributed by atoms with van der Waals surface area (Å²) in [7, 11) is 0. The molecule has 0 N–H and O–H groups in total. The maximum atomic E-state index is 5.78. The number of rotatable bonds is 1. The molecule has 4 heteroatoms. The van der Waals surface area contributed by atoms with Gasteiger partial charge in [-0.2, -0.15) is 0 Å². The smallest absolute Gasteiger partial charge is 0.104 e. The largest absolute Gasteiger partial charge is 0.506 e. The molecule has 0 bridgehead atoms. The quantitative estimate of drug-likeness (QED) is 0.180. The van der Waals surface area contributed by atoms with Crippen LogP contribution in [0.4, 0.5) is 0 Å². The molecule has 0 amide bonds. The molecule has 0 fully saturated rings. The van der Waals surface area contributed by atoms with Crippen molar-refractivity contribution in [1.82, 2.24) is 9.97 Å². The van der Waals surface area contributed by atoms with Crippen molar-refractivity contribution in [1.29, 1.82) is 0 Å². The molecule has 171 valence electrons. The van der Waals surface area contributed by atoms with Crippen molar-refractivity contribution in [2.75, 3.05) is 0 Å². The van der Waals surface area contributed by atoms with E-state index in [0.29, 0.717) is 6.61 Å². The number of hydrogen-bond acceptors (Lipinski definition) is 3. The van der Waals surface area contributed by atoms with Crippen molar-refractivity contribution >= 4 is 21.8 Å². The zero-order valence-electron chi connectivity index (χ0n) is 18.7. The van der Waals surface area contributed by atoms with Gasteiger partial charge in [0.2, 0.25) is 0 Å². The first-order chi connectivity index (χ1) is 16.8. The second-order valence-corrected chi connectivity index (χ2v) is 8.05. The van der Waals surface area contributed by atoms with Crippen LogP contribution in [0.1, 0.15) is 5.56 Å². The Morgan fingerprint density at radius 3 is 2.23 bits per heavy atom. The normalized spacial score (nSPS) is 11.3. The predicted octanol–water partition coefficient (Wildman–Crippen LogP) is 7.29. The molecule has 7 rings (SSSR count). The number of para-hydroxylation sites is 2. The molecule has 3 nitrogen and oxygen atoms in total. The Bertz CT molecular complexity index is 1620. The summed E-state index contributed by atoms with van der Waals surface area (Å²) >= 11 is 0. The molecule has 1 aliphatic heterocycles. The van der Waals surface area contributed by atoms with Crippen LogP contribution in [0.2, 0.25) is 0 Å². The SMILES string of the molecule is [Ir].[c-]1cccc2c1-c1nc3ccccc3cc1OC2.[c-]1ccccc1-c1ccc2ccccc2n1. The van der Waals surface area contributed by atoms with Gasteiger partial charge in [-0.15, -0.1) is 65.7 Å². The average molecular weight is 629 g/mol. The number of hydrogen-bond donors (Lipinski definition) is 0. The predicted molar refractivity (Wildman–Crippen MR) is 136 cm³/mol. The van der Waals surface area contributed by atoms with Gasteiger partial charge in [-0.25, -0.2) is 0 Å². The number of nitrogens with zero attached hydrogens (tertiary/aromatic N) is 2. The molecule has 2 aromatic heterocycles. The van der Waals surface area contributed by atoms with Gasteiger partial charge in [0, 0.05) is 31.2 Å². The minimum Gasteiger partial charge on any atom is -0.506 e. The van der Waals surface area contributed by atoms with Gasteiger partial charge in [-0.1, -0.05) is 54.1 Å². The molecule has 35 heavy (non-hydrogen) atoms. The summed E-state index contributed by atoms with van der Waals surface area (Å²) in [6.07, 6.45) is 0. The van der Waals surface area contributed by atoms with Crippen LogP contribution in [0.25, 0.3) is 44.3 Å². The summed E-state index contributed by atoms with van der Waals surface area (Å²) in [6, 6.07) is 42.7. The minimum atomic E-state index is 0. The second-order valence-electron chi connectivity index (χ2n) is 8.05. The first-order valence-corrected chi connectivity index (χ1v) is 11.2. The van der Waals surface area contributed by atoms with Gasteiger partial charge in [0.1, 0.15) is 5.75 Å². The molecular weight excluding hydrogens is 609 g/mol. The zero-order valence-corrected chi connectivity index (χ0v) is 21.1. The number of ether oxygens (including phenoxy) is 1. The summed E-state index contributed by atoms with van der Waals surface area (Å²) in [4.78, 5) is 9.32. The molecular formula is C31H20IrN2O-2. The Kier molecular flexibility index (Phi) is 6.67. The van der Waals surface area contributed by atoms with Crippen LogP contribution >= 0.6 is 0 Å². The maximum Gasteiger partial charge on any atom is 0.104 e. The minimum absolute atomic E-state index is 0. The van der Waals surface area contributed by atoms with Gasteiger partial charge in [-0.3, -0.25) is 9.97 Å². The molecule has 1 radical (unpaired) electrons. The van der Waals surface area contributed by atoms with E-state index < -0.39 is 0 Å². The molecule has 1 aliphatic rings. The van der Waals surface area contributed by atoms with Gasteiger partial charge in [-0.05, 0) is 29.3 Å². The van der Waals surface area contributed by atoms with E-state index in [4.69, 9.17) is 9.72 Å². The Morgan fingerprint density at radius 1 is 0.657 bits per heavy atom. The van der Waals surface area contributed by atoms with Crippen LogP contribution in [0, 0.1) is 12.1 Å². The Hall–Kier alpha value is -3.85. The standard InChI is InChI=1S/C16H10NO.C15H10N.Ir/c1-3-7-13-12(6-1)10-18-15-9-11-5-2-4-8-14(11)17-16(13)15;1-2-6-12(7-3-1)15-11-10-13-8-4-5-9-14(13)16-15;/h1-6,8-9H,10H2;1-6,8-11H;/q2*-1;. The van der Waals surface area contributed by atoms with E-state index in [0.717, 1.165) is 50.2 Å². The molecule has 0 saturated carbocycles. The Morgan fingerprint density at radius 2 is 1.40 bits per heavy atom. The average Bonchev–Trinajstić information content (AvgIpc) is 2.92. The Labute approximate surface area is 217 Å². The Balaban J connectivity index is 0.000000142. The van der Waals surface area contributed by atoms with Crippen molar-refractivity contribution in [3.8, 4) is 28.3 Å². The van der Waals surface area contributed by atoms with Crippen LogP contribution < -0.4 is 4.74 Å². The van der Waals surface area contributed by atoms with Crippen molar-refractivity contribution < 1.29 is 24.8 Å². The van der Waals surface area contributed by atoms with Crippen molar-refractivity contribution in [3.05, 3.63) is 127 Å². The van der Waals surface area contributed by atoms with E-state index >= 15 is 0 Å². The van der Waals surface area contributed by atoms with Gasteiger partial charge in [0.15, 0.2) is 0 Å². The zero-order chi connectivity index (χ0) is 22.7. The number of benzene rings is 4. The first kappa shape index (κ1) is 22.9. The van der Waals surface area contributed by atoms with Crippen molar-refractivity contribution in [2.24, 2.45) is 0 Å². The van der Waals surface area contributed by atoms with E-state index in [1.165, 1.54) is 5.39 Å². The van der Waals surface area contributed by atoms with Crippen LogP contribution in [-0.4, -0.2) is 9.97 Å². The third kappa shape index (κ3) is 4.72. The summed E-state index contributed by atoms with van der Waals surface area (Å²) in [5, 5.41) is 2.28. The molecule has 3 heterocycles. The molecule has 0 saturated heterocycles. The summed E-state index contributed by atoms with van der Waals surface area (Å²) < 4.78 is 5.78. The van der Waals surface area contributed by atoms with Gasteiger partial charge < -0.3 is 4.74 Å². The van der Waals surface area contributed by atoms with Crippen molar-refractivity contribution in [3.63, 3.8) is 0 Å². The van der Waals surface area contributed by atoms with Crippen LogP contribution in [0.5, 0.6) is 5.75 Å². The topological polar surface area (TPSA) is 35.0 Å². The monoisotopic (exact) mass is 629 g/mol. The summed E-state index contributed by atoms with van der Waals surface area (Å²) in [5.41, 5.74) is 7.13. The van der Waals surface area contributed by atoms with E-state index in [2.05, 4.69) is 47.4 Å². The third-order valence-corrected chi connectivity index (χ3v) is 5.83. The first-order valence-electron chi connectivity index (χ1n) is 11.2. The van der Waals surface area contributed by atoms with E-state index in [1.54, 1.807) is 0 Å².